The van der Waals surface area contributed by atoms with E-state index in [1.54, 1.807) is 7.11 Å². The van der Waals surface area contributed by atoms with Crippen LogP contribution in [-0.4, -0.2) is 12.1 Å². The lowest BCUT2D eigenvalue weighted by atomic mass is 10.2. The van der Waals surface area contributed by atoms with E-state index in [9.17, 15) is 0 Å². The van der Waals surface area contributed by atoms with Crippen LogP contribution in [0.5, 0.6) is 5.75 Å². The van der Waals surface area contributed by atoms with E-state index in [0.717, 1.165) is 29.3 Å². The molecule has 76 valence electrons. The predicted octanol–water partition coefficient (Wildman–Crippen LogP) is 3.23. The molecule has 0 aromatic heterocycles. The van der Waals surface area contributed by atoms with Crippen LogP contribution in [0.15, 0.2) is 24.3 Å². The van der Waals surface area contributed by atoms with Gasteiger partial charge in [0, 0.05) is 0 Å². The van der Waals surface area contributed by atoms with Gasteiger partial charge in [0.05, 0.1) is 17.8 Å². The molecule has 0 unspecified atom stereocenters. The fraction of sp³-hybridized carbons (Fsp3) is 0.364. The first kappa shape index (κ1) is 11.0. The van der Waals surface area contributed by atoms with Crippen molar-refractivity contribution in [3.8, 4) is 5.75 Å². The van der Waals surface area contributed by atoms with Gasteiger partial charge in [0.15, 0.2) is 0 Å². The van der Waals surface area contributed by atoms with Gasteiger partial charge in [0.1, 0.15) is 5.75 Å². The number of hydrogen-bond acceptors (Lipinski definition) is 2. The average Bonchev–Trinajstić information content (AvgIpc) is 2.19. The zero-order valence-electron chi connectivity index (χ0n) is 8.54. The third-order valence-corrected chi connectivity index (χ3v) is 2.16. The molecule has 0 aliphatic heterocycles. The molecule has 1 aromatic rings. The number of nitrogens with one attached hydrogen (secondary N) is 1. The topological polar surface area (TPSA) is 21.3 Å². The summed E-state index contributed by atoms with van der Waals surface area (Å²) in [4.78, 5) is 0.858. The molecular weight excluding hydrogens is 194 g/mol. The fourth-order valence-electron chi connectivity index (χ4n) is 1.19. The predicted molar refractivity (Wildman–Crippen MR) is 64.1 cm³/mol. The van der Waals surface area contributed by atoms with Gasteiger partial charge in [-0.2, -0.15) is 0 Å². The SMILES string of the molecule is CCCC(=S)Nc1ccccc1OC. The third-order valence-electron chi connectivity index (χ3n) is 1.86. The maximum atomic E-state index is 5.20. The highest BCUT2D eigenvalue weighted by Crippen LogP contribution is 2.23. The molecule has 3 heteroatoms. The lowest BCUT2D eigenvalue weighted by molar-refractivity contribution is 0.417. The lowest BCUT2D eigenvalue weighted by Gasteiger charge is -2.10. The maximum Gasteiger partial charge on any atom is 0.142 e. The van der Waals surface area contributed by atoms with Gasteiger partial charge in [-0.1, -0.05) is 31.3 Å². The number of ether oxygens (including phenoxy) is 1. The molecule has 2 nitrogen and oxygen atoms in total. The van der Waals surface area contributed by atoms with E-state index in [1.165, 1.54) is 0 Å². The van der Waals surface area contributed by atoms with Gasteiger partial charge < -0.3 is 10.1 Å². The summed E-state index contributed by atoms with van der Waals surface area (Å²) in [5.74, 6) is 0.825. The molecule has 0 saturated heterocycles. The molecule has 0 saturated carbocycles. The highest BCUT2D eigenvalue weighted by molar-refractivity contribution is 7.80. The van der Waals surface area contributed by atoms with E-state index < -0.39 is 0 Å². The number of methoxy groups -OCH3 is 1. The fourth-order valence-corrected chi connectivity index (χ4v) is 1.50. The highest BCUT2D eigenvalue weighted by Gasteiger charge is 2.02. The molecule has 0 fully saturated rings. The largest absolute Gasteiger partial charge is 0.495 e. The van der Waals surface area contributed by atoms with Crippen molar-refractivity contribution in [2.75, 3.05) is 12.4 Å². The van der Waals surface area contributed by atoms with E-state index in [0.29, 0.717) is 0 Å². The molecule has 1 N–H and O–H groups in total. The second-order valence-corrected chi connectivity index (χ2v) is 3.49. The number of para-hydroxylation sites is 2. The van der Waals surface area contributed by atoms with Gasteiger partial charge in [-0.05, 0) is 25.0 Å². The van der Waals surface area contributed by atoms with Gasteiger partial charge >= 0.3 is 0 Å². The monoisotopic (exact) mass is 209 g/mol. The number of benzene rings is 1. The summed E-state index contributed by atoms with van der Waals surface area (Å²) in [6.45, 7) is 2.11. The van der Waals surface area contributed by atoms with Crippen LogP contribution in [-0.2, 0) is 0 Å². The number of thiocarbonyl (C=S) groups is 1. The van der Waals surface area contributed by atoms with Crippen molar-refractivity contribution in [3.05, 3.63) is 24.3 Å². The van der Waals surface area contributed by atoms with Crippen LogP contribution in [0.25, 0.3) is 0 Å². The summed E-state index contributed by atoms with van der Waals surface area (Å²) >= 11 is 5.18. The van der Waals surface area contributed by atoms with Crippen molar-refractivity contribution < 1.29 is 4.74 Å². The number of hydrogen-bond donors (Lipinski definition) is 1. The van der Waals surface area contributed by atoms with E-state index in [1.807, 2.05) is 24.3 Å². The second-order valence-electron chi connectivity index (χ2n) is 3.00. The third kappa shape index (κ3) is 3.00. The van der Waals surface area contributed by atoms with Crippen LogP contribution >= 0.6 is 12.2 Å². The zero-order valence-corrected chi connectivity index (χ0v) is 9.36. The minimum absolute atomic E-state index is 0.825. The molecule has 0 heterocycles. The molecule has 0 aliphatic rings. The summed E-state index contributed by atoms with van der Waals surface area (Å²) in [5, 5.41) is 3.17. The van der Waals surface area contributed by atoms with Crippen LogP contribution in [0, 0.1) is 0 Å². The van der Waals surface area contributed by atoms with E-state index in [4.69, 9.17) is 17.0 Å². The lowest BCUT2D eigenvalue weighted by Crippen LogP contribution is -2.08. The second kappa shape index (κ2) is 5.60. The Balaban J connectivity index is 2.70. The first-order valence-corrected chi connectivity index (χ1v) is 5.11. The molecule has 0 aliphatic carbocycles. The molecule has 14 heavy (non-hydrogen) atoms. The minimum Gasteiger partial charge on any atom is -0.495 e. The minimum atomic E-state index is 0.825. The maximum absolute atomic E-state index is 5.20. The molecule has 0 spiro atoms. The van der Waals surface area contributed by atoms with Crippen molar-refractivity contribution in [3.63, 3.8) is 0 Å². The molecule has 0 amide bonds. The highest BCUT2D eigenvalue weighted by atomic mass is 32.1. The number of anilines is 1. The van der Waals surface area contributed by atoms with Crippen LogP contribution in [0.4, 0.5) is 5.69 Å². The van der Waals surface area contributed by atoms with Gasteiger partial charge in [0.2, 0.25) is 0 Å². The van der Waals surface area contributed by atoms with Crippen molar-refractivity contribution in [2.24, 2.45) is 0 Å². The Morgan fingerprint density at radius 2 is 2.14 bits per heavy atom. The molecule has 1 rings (SSSR count). The Morgan fingerprint density at radius 3 is 2.79 bits per heavy atom. The molecule has 0 radical (unpaired) electrons. The zero-order chi connectivity index (χ0) is 10.4. The van der Waals surface area contributed by atoms with E-state index in [2.05, 4.69) is 12.2 Å². The van der Waals surface area contributed by atoms with E-state index in [-0.39, 0.29) is 0 Å². The Hall–Kier alpha value is -1.09. The first-order valence-electron chi connectivity index (χ1n) is 4.70. The molecule has 1 aromatic carbocycles. The van der Waals surface area contributed by atoms with Crippen LogP contribution in [0.1, 0.15) is 19.8 Å². The molecular formula is C11H15NOS. The van der Waals surface area contributed by atoms with Gasteiger partial charge in [-0.15, -0.1) is 0 Å². The van der Waals surface area contributed by atoms with Crippen LogP contribution in [0.3, 0.4) is 0 Å². The number of rotatable bonds is 4. The molecule has 0 bridgehead atoms. The standard InChI is InChI=1S/C11H15NOS/c1-3-6-11(14)12-9-7-4-5-8-10(9)13-2/h4-5,7-8H,3,6H2,1-2H3,(H,12,14). The van der Waals surface area contributed by atoms with Crippen molar-refractivity contribution in [1.29, 1.82) is 0 Å². The summed E-state index contributed by atoms with van der Waals surface area (Å²) in [6.07, 6.45) is 1.97. The summed E-state index contributed by atoms with van der Waals surface area (Å²) in [5.41, 5.74) is 0.938. The Labute approximate surface area is 90.3 Å². The van der Waals surface area contributed by atoms with E-state index >= 15 is 0 Å². The smallest absolute Gasteiger partial charge is 0.142 e. The van der Waals surface area contributed by atoms with Gasteiger partial charge in [0.25, 0.3) is 0 Å². The Morgan fingerprint density at radius 1 is 1.43 bits per heavy atom. The van der Waals surface area contributed by atoms with Crippen molar-refractivity contribution in [1.82, 2.24) is 0 Å². The van der Waals surface area contributed by atoms with Gasteiger partial charge in [-0.3, -0.25) is 0 Å². The van der Waals surface area contributed by atoms with Crippen molar-refractivity contribution in [2.45, 2.75) is 19.8 Å². The van der Waals surface area contributed by atoms with Crippen LogP contribution in [0.2, 0.25) is 0 Å². The van der Waals surface area contributed by atoms with Crippen LogP contribution < -0.4 is 10.1 Å². The quantitative estimate of drug-likeness (QED) is 0.769. The average molecular weight is 209 g/mol. The Kier molecular flexibility index (Phi) is 4.40. The molecule has 0 atom stereocenters. The normalized spacial score (nSPS) is 9.57. The summed E-state index contributed by atoms with van der Waals surface area (Å²) in [6, 6.07) is 7.77. The summed E-state index contributed by atoms with van der Waals surface area (Å²) in [7, 11) is 1.66. The van der Waals surface area contributed by atoms with Crippen molar-refractivity contribution >= 4 is 22.9 Å². The first-order chi connectivity index (χ1) is 6.77. The Bertz CT molecular complexity index is 312. The summed E-state index contributed by atoms with van der Waals surface area (Å²) < 4.78 is 5.20. The van der Waals surface area contributed by atoms with Gasteiger partial charge in [-0.25, -0.2) is 0 Å².